The highest BCUT2D eigenvalue weighted by atomic mass is 79.9. The molecule has 0 aliphatic carbocycles. The van der Waals surface area contributed by atoms with Crippen molar-refractivity contribution >= 4 is 39.3 Å². The first-order chi connectivity index (χ1) is 9.60. The Hall–Kier alpha value is -1.46. The van der Waals surface area contributed by atoms with E-state index >= 15 is 0 Å². The molecule has 0 bridgehead atoms. The zero-order valence-corrected chi connectivity index (χ0v) is 13.3. The molecule has 1 aromatic heterocycles. The van der Waals surface area contributed by atoms with Crippen LogP contribution in [0.15, 0.2) is 34.9 Å². The molecule has 0 spiro atoms. The normalized spacial score (nSPS) is 10.3. The second kappa shape index (κ2) is 6.81. The summed E-state index contributed by atoms with van der Waals surface area (Å²) in [6, 6.07) is 9.33. The Kier molecular flexibility index (Phi) is 5.09. The lowest BCUT2D eigenvalue weighted by Crippen LogP contribution is -2.23. The molecular weight excluding hydrogens is 342 g/mol. The smallest absolute Gasteiger partial charge is 0.255 e. The highest BCUT2D eigenvalue weighted by molar-refractivity contribution is 9.10. The van der Waals surface area contributed by atoms with Crippen molar-refractivity contribution in [3.8, 4) is 0 Å². The van der Waals surface area contributed by atoms with Crippen LogP contribution in [0.2, 0.25) is 5.02 Å². The van der Waals surface area contributed by atoms with Crippen LogP contribution in [0, 0.1) is 0 Å². The number of hydrogen-bond acceptors (Lipinski definition) is 2. The van der Waals surface area contributed by atoms with Crippen LogP contribution in [-0.2, 0) is 6.54 Å². The van der Waals surface area contributed by atoms with Gasteiger partial charge in [0, 0.05) is 18.1 Å². The van der Waals surface area contributed by atoms with Gasteiger partial charge in [-0.15, -0.1) is 0 Å². The van der Waals surface area contributed by atoms with Crippen LogP contribution >= 0.6 is 27.5 Å². The van der Waals surface area contributed by atoms with Gasteiger partial charge in [0.1, 0.15) is 5.82 Å². The molecule has 1 heterocycles. The number of nitrogens with one attached hydrogen (secondary N) is 3. The van der Waals surface area contributed by atoms with Crippen molar-refractivity contribution in [3.63, 3.8) is 0 Å². The number of aromatic nitrogens is 1. The van der Waals surface area contributed by atoms with Crippen LogP contribution < -0.4 is 10.6 Å². The van der Waals surface area contributed by atoms with E-state index in [0.717, 1.165) is 10.2 Å². The van der Waals surface area contributed by atoms with E-state index in [4.69, 9.17) is 11.6 Å². The third kappa shape index (κ3) is 3.77. The van der Waals surface area contributed by atoms with Crippen LogP contribution in [0.1, 0.15) is 22.8 Å². The maximum absolute atomic E-state index is 11.9. The molecule has 2 aromatic rings. The van der Waals surface area contributed by atoms with E-state index in [1.54, 1.807) is 6.07 Å². The molecule has 1 amide bonds. The molecule has 0 unspecified atom stereocenters. The lowest BCUT2D eigenvalue weighted by Gasteiger charge is -2.08. The number of rotatable bonds is 5. The minimum atomic E-state index is -0.104. The molecule has 4 nitrogen and oxygen atoms in total. The number of hydrogen-bond donors (Lipinski definition) is 3. The molecular formula is C14H15BrClN3O. The Balaban J connectivity index is 2.09. The quantitative estimate of drug-likeness (QED) is 0.763. The average Bonchev–Trinajstić information content (AvgIpc) is 2.80. The van der Waals surface area contributed by atoms with Gasteiger partial charge in [-0.2, -0.15) is 0 Å². The fourth-order valence-electron chi connectivity index (χ4n) is 1.79. The van der Waals surface area contributed by atoms with E-state index < -0.39 is 0 Å². The number of benzene rings is 1. The average molecular weight is 357 g/mol. The number of H-pyrrole nitrogens is 1. The van der Waals surface area contributed by atoms with Crippen LogP contribution in [0.4, 0.5) is 5.82 Å². The van der Waals surface area contributed by atoms with Gasteiger partial charge in [0.2, 0.25) is 0 Å². The summed E-state index contributed by atoms with van der Waals surface area (Å²) in [4.78, 5) is 15.0. The van der Waals surface area contributed by atoms with Crippen molar-refractivity contribution in [2.75, 3.05) is 11.9 Å². The van der Waals surface area contributed by atoms with Gasteiger partial charge in [0.25, 0.3) is 5.91 Å². The maximum Gasteiger partial charge on any atom is 0.255 e. The molecule has 6 heteroatoms. The zero-order chi connectivity index (χ0) is 14.5. The molecule has 3 N–H and O–H groups in total. The fraction of sp³-hybridized carbons (Fsp3) is 0.214. The molecule has 0 fully saturated rings. The largest absolute Gasteiger partial charge is 0.367 e. The van der Waals surface area contributed by atoms with Crippen LogP contribution in [-0.4, -0.2) is 17.4 Å². The number of carbonyl (C=O) groups excluding carboxylic acids is 1. The first kappa shape index (κ1) is 14.9. The Morgan fingerprint density at radius 2 is 2.05 bits per heavy atom. The van der Waals surface area contributed by atoms with E-state index in [9.17, 15) is 4.79 Å². The standard InChI is InChI=1S/C14H15BrClN3O/c1-2-17-14(20)11-7-12(15)19-13(11)18-8-9-3-5-10(16)6-4-9/h3-7,18-19H,2,8H2,1H3,(H,17,20). The zero-order valence-electron chi connectivity index (χ0n) is 11.0. The summed E-state index contributed by atoms with van der Waals surface area (Å²) in [5, 5.41) is 6.71. The summed E-state index contributed by atoms with van der Waals surface area (Å²) < 4.78 is 0.761. The highest BCUT2D eigenvalue weighted by Crippen LogP contribution is 2.21. The van der Waals surface area contributed by atoms with Crippen molar-refractivity contribution in [2.24, 2.45) is 0 Å². The van der Waals surface area contributed by atoms with Gasteiger partial charge in [-0.3, -0.25) is 4.79 Å². The first-order valence-corrected chi connectivity index (χ1v) is 7.42. The summed E-state index contributed by atoms with van der Waals surface area (Å²) in [6.45, 7) is 3.09. The molecule has 106 valence electrons. The predicted octanol–water partition coefficient (Wildman–Crippen LogP) is 3.79. The lowest BCUT2D eigenvalue weighted by atomic mass is 10.2. The highest BCUT2D eigenvalue weighted by Gasteiger charge is 2.13. The van der Waals surface area contributed by atoms with Gasteiger partial charge in [-0.05, 0) is 46.6 Å². The monoisotopic (exact) mass is 355 g/mol. The van der Waals surface area contributed by atoms with E-state index in [1.165, 1.54) is 0 Å². The molecule has 0 radical (unpaired) electrons. The third-order valence-electron chi connectivity index (χ3n) is 2.75. The summed E-state index contributed by atoms with van der Waals surface area (Å²) in [5.41, 5.74) is 1.68. The number of anilines is 1. The Morgan fingerprint density at radius 1 is 1.35 bits per heavy atom. The molecule has 0 atom stereocenters. The molecule has 0 aliphatic heterocycles. The topological polar surface area (TPSA) is 56.9 Å². The van der Waals surface area contributed by atoms with Crippen LogP contribution in [0.3, 0.4) is 0 Å². The summed E-state index contributed by atoms with van der Waals surface area (Å²) in [6.07, 6.45) is 0. The van der Waals surface area contributed by atoms with E-state index in [-0.39, 0.29) is 5.91 Å². The first-order valence-electron chi connectivity index (χ1n) is 6.25. The molecule has 20 heavy (non-hydrogen) atoms. The van der Waals surface area contributed by atoms with Crippen molar-refractivity contribution in [1.82, 2.24) is 10.3 Å². The number of aromatic amines is 1. The van der Waals surface area contributed by atoms with Gasteiger partial charge >= 0.3 is 0 Å². The second-order valence-corrected chi connectivity index (χ2v) is 5.54. The number of halogens is 2. The minimum absolute atomic E-state index is 0.104. The molecule has 0 aliphatic rings. The summed E-state index contributed by atoms with van der Waals surface area (Å²) in [5.74, 6) is 0.589. The summed E-state index contributed by atoms with van der Waals surface area (Å²) in [7, 11) is 0. The van der Waals surface area contributed by atoms with Crippen LogP contribution in [0.5, 0.6) is 0 Å². The third-order valence-corrected chi connectivity index (χ3v) is 3.43. The van der Waals surface area contributed by atoms with Crippen molar-refractivity contribution < 1.29 is 4.79 Å². The Morgan fingerprint density at radius 3 is 2.70 bits per heavy atom. The van der Waals surface area contributed by atoms with E-state index in [1.807, 2.05) is 31.2 Å². The van der Waals surface area contributed by atoms with Gasteiger partial charge < -0.3 is 15.6 Å². The minimum Gasteiger partial charge on any atom is -0.367 e. The SMILES string of the molecule is CCNC(=O)c1cc(Br)[nH]c1NCc1ccc(Cl)cc1. The van der Waals surface area contributed by atoms with E-state index in [2.05, 4.69) is 31.5 Å². The molecule has 1 aromatic carbocycles. The van der Waals surface area contributed by atoms with E-state index in [0.29, 0.717) is 29.5 Å². The van der Waals surface area contributed by atoms with Gasteiger partial charge in [-0.25, -0.2) is 0 Å². The summed E-state index contributed by atoms with van der Waals surface area (Å²) >= 11 is 9.19. The number of carbonyl (C=O) groups is 1. The van der Waals surface area contributed by atoms with Crippen molar-refractivity contribution in [2.45, 2.75) is 13.5 Å². The van der Waals surface area contributed by atoms with Crippen LogP contribution in [0.25, 0.3) is 0 Å². The van der Waals surface area contributed by atoms with Gasteiger partial charge in [0.05, 0.1) is 10.2 Å². The molecule has 0 saturated heterocycles. The molecule has 2 rings (SSSR count). The van der Waals surface area contributed by atoms with Gasteiger partial charge in [-0.1, -0.05) is 23.7 Å². The van der Waals surface area contributed by atoms with Gasteiger partial charge in [0.15, 0.2) is 0 Å². The Labute approximate surface area is 131 Å². The predicted molar refractivity (Wildman–Crippen MR) is 85.3 cm³/mol. The fourth-order valence-corrected chi connectivity index (χ4v) is 2.34. The Bertz CT molecular complexity index is 595. The maximum atomic E-state index is 11.9. The van der Waals surface area contributed by atoms with Crippen molar-refractivity contribution in [1.29, 1.82) is 0 Å². The van der Waals surface area contributed by atoms with Crippen molar-refractivity contribution in [3.05, 3.63) is 51.1 Å². The lowest BCUT2D eigenvalue weighted by molar-refractivity contribution is 0.0957. The molecule has 0 saturated carbocycles. The second-order valence-electron chi connectivity index (χ2n) is 4.25. The number of amides is 1.